The first kappa shape index (κ1) is 16.9. The van der Waals surface area contributed by atoms with Crippen LogP contribution in [0.3, 0.4) is 0 Å². The van der Waals surface area contributed by atoms with E-state index in [1.807, 2.05) is 30.3 Å². The third-order valence-electron chi connectivity index (χ3n) is 3.90. The third-order valence-corrected chi connectivity index (χ3v) is 3.90. The lowest BCUT2D eigenvalue weighted by Gasteiger charge is -2.20. The molecule has 25 heavy (non-hydrogen) atoms. The van der Waals surface area contributed by atoms with Crippen LogP contribution in [-0.4, -0.2) is 32.7 Å². The zero-order valence-electron chi connectivity index (χ0n) is 13.9. The van der Waals surface area contributed by atoms with Crippen molar-refractivity contribution in [1.29, 1.82) is 0 Å². The topological polar surface area (TPSA) is 77.2 Å². The molecule has 0 radical (unpaired) electrons. The molecule has 6 heteroatoms. The van der Waals surface area contributed by atoms with Gasteiger partial charge in [-0.05, 0) is 23.6 Å². The van der Waals surface area contributed by atoms with Gasteiger partial charge in [0.2, 0.25) is 0 Å². The van der Waals surface area contributed by atoms with Crippen LogP contribution in [0.2, 0.25) is 0 Å². The van der Waals surface area contributed by atoms with Crippen molar-refractivity contribution < 1.29 is 14.6 Å². The number of benzene rings is 2. The van der Waals surface area contributed by atoms with Crippen molar-refractivity contribution in [3.63, 3.8) is 0 Å². The average Bonchev–Trinajstić information content (AvgIpc) is 3.06. The number of aromatic nitrogens is 3. The smallest absolute Gasteiger partial charge is 0.329 e. The predicted octanol–water partition coefficient (Wildman–Crippen LogP) is 2.83. The van der Waals surface area contributed by atoms with Crippen LogP contribution in [0.4, 0.5) is 0 Å². The van der Waals surface area contributed by atoms with Crippen LogP contribution in [0.5, 0.6) is 0 Å². The Bertz CT molecular complexity index is 846. The van der Waals surface area contributed by atoms with E-state index in [1.54, 1.807) is 10.9 Å². The molecule has 0 aliphatic carbocycles. The van der Waals surface area contributed by atoms with Gasteiger partial charge in [0.1, 0.15) is 18.3 Å². The minimum absolute atomic E-state index is 0.108. The lowest BCUT2D eigenvalue weighted by molar-refractivity contribution is -0.142. The molecule has 0 amide bonds. The van der Waals surface area contributed by atoms with Crippen LogP contribution in [0.15, 0.2) is 60.8 Å². The minimum atomic E-state index is -1.01. The first-order valence-electron chi connectivity index (χ1n) is 7.96. The number of aliphatic carboxylic acids is 1. The van der Waals surface area contributed by atoms with Crippen LogP contribution in [0, 0.1) is 6.92 Å². The van der Waals surface area contributed by atoms with E-state index in [4.69, 9.17) is 9.84 Å². The van der Waals surface area contributed by atoms with Crippen molar-refractivity contribution in [2.45, 2.75) is 19.6 Å². The van der Waals surface area contributed by atoms with Crippen molar-refractivity contribution in [2.24, 2.45) is 0 Å². The highest BCUT2D eigenvalue weighted by Gasteiger charge is 2.19. The maximum atomic E-state index is 10.5. The highest BCUT2D eigenvalue weighted by atomic mass is 16.5. The Morgan fingerprint density at radius 2 is 1.88 bits per heavy atom. The molecule has 3 rings (SSSR count). The lowest BCUT2D eigenvalue weighted by atomic mass is 9.95. The number of carbonyl (C=O) groups is 1. The average molecular weight is 337 g/mol. The van der Waals surface area contributed by atoms with Crippen LogP contribution >= 0.6 is 0 Å². The van der Waals surface area contributed by atoms with Gasteiger partial charge in [0.05, 0.1) is 12.8 Å². The second-order valence-electron chi connectivity index (χ2n) is 5.75. The molecule has 0 spiro atoms. The number of ether oxygens (including phenoxy) is 1. The first-order chi connectivity index (χ1) is 12.1. The van der Waals surface area contributed by atoms with E-state index in [0.29, 0.717) is 5.69 Å². The maximum Gasteiger partial charge on any atom is 0.329 e. The predicted molar refractivity (Wildman–Crippen MR) is 92.2 cm³/mol. The molecule has 1 aromatic heterocycles. The quantitative estimate of drug-likeness (QED) is 0.717. The summed E-state index contributed by atoms with van der Waals surface area (Å²) in [6, 6.07) is 18.1. The SMILES string of the molecule is Cc1ccccc1C(c1ccccc1)n1cc(COCC(=O)O)nn1. The van der Waals surface area contributed by atoms with E-state index in [9.17, 15) is 4.79 Å². The van der Waals surface area contributed by atoms with Crippen LogP contribution in [0.1, 0.15) is 28.4 Å². The fourth-order valence-corrected chi connectivity index (χ4v) is 2.75. The lowest BCUT2D eigenvalue weighted by Crippen LogP contribution is -2.14. The standard InChI is InChI=1S/C19H19N3O3/c1-14-7-5-6-10-17(14)19(15-8-3-2-4-9-15)22-11-16(20-21-22)12-25-13-18(23)24/h2-11,19H,12-13H2,1H3,(H,23,24). The normalized spacial score (nSPS) is 12.0. The maximum absolute atomic E-state index is 10.5. The number of carboxylic acid groups (broad SMARTS) is 1. The summed E-state index contributed by atoms with van der Waals surface area (Å²) in [5, 5.41) is 17.0. The Labute approximate surface area is 145 Å². The van der Waals surface area contributed by atoms with Crippen molar-refractivity contribution in [3.05, 3.63) is 83.2 Å². The molecule has 128 valence electrons. The molecule has 6 nitrogen and oxygen atoms in total. The van der Waals surface area contributed by atoms with Gasteiger partial charge in [-0.2, -0.15) is 0 Å². The molecule has 0 aliphatic rings. The molecule has 0 aliphatic heterocycles. The van der Waals surface area contributed by atoms with E-state index in [1.165, 1.54) is 0 Å². The molecule has 0 fully saturated rings. The molecule has 1 heterocycles. The molecule has 0 bridgehead atoms. The molecular formula is C19H19N3O3. The summed E-state index contributed by atoms with van der Waals surface area (Å²) in [7, 11) is 0. The number of rotatable bonds is 7. The summed E-state index contributed by atoms with van der Waals surface area (Å²) in [6.45, 7) is 1.83. The van der Waals surface area contributed by atoms with E-state index in [0.717, 1.165) is 16.7 Å². The van der Waals surface area contributed by atoms with Crippen molar-refractivity contribution >= 4 is 5.97 Å². The molecule has 1 N–H and O–H groups in total. The number of nitrogens with zero attached hydrogens (tertiary/aromatic N) is 3. The summed E-state index contributed by atoms with van der Waals surface area (Å²) in [5.41, 5.74) is 3.99. The van der Waals surface area contributed by atoms with Gasteiger partial charge in [-0.25, -0.2) is 9.48 Å². The van der Waals surface area contributed by atoms with Crippen molar-refractivity contribution in [1.82, 2.24) is 15.0 Å². The van der Waals surface area contributed by atoms with Crippen molar-refractivity contribution in [3.8, 4) is 0 Å². The fraction of sp³-hybridized carbons (Fsp3) is 0.211. The minimum Gasteiger partial charge on any atom is -0.480 e. The summed E-state index contributed by atoms with van der Waals surface area (Å²) in [4.78, 5) is 10.5. The fourth-order valence-electron chi connectivity index (χ4n) is 2.75. The number of hydrogen-bond donors (Lipinski definition) is 1. The van der Waals surface area contributed by atoms with Gasteiger partial charge < -0.3 is 9.84 Å². The molecule has 3 aromatic rings. The molecular weight excluding hydrogens is 318 g/mol. The van der Waals surface area contributed by atoms with E-state index in [-0.39, 0.29) is 19.3 Å². The summed E-state index contributed by atoms with van der Waals surface area (Å²) >= 11 is 0. The number of aryl methyl sites for hydroxylation is 1. The van der Waals surface area contributed by atoms with E-state index >= 15 is 0 Å². The van der Waals surface area contributed by atoms with Crippen LogP contribution in [-0.2, 0) is 16.1 Å². The van der Waals surface area contributed by atoms with Gasteiger partial charge in [-0.3, -0.25) is 0 Å². The van der Waals surface area contributed by atoms with Gasteiger partial charge >= 0.3 is 5.97 Å². The molecule has 1 atom stereocenters. The number of hydrogen-bond acceptors (Lipinski definition) is 4. The van der Waals surface area contributed by atoms with Crippen LogP contribution < -0.4 is 0 Å². The van der Waals surface area contributed by atoms with E-state index < -0.39 is 5.97 Å². The van der Waals surface area contributed by atoms with Gasteiger partial charge in [0, 0.05) is 0 Å². The second-order valence-corrected chi connectivity index (χ2v) is 5.75. The summed E-state index contributed by atoms with van der Waals surface area (Å²) in [6.07, 6.45) is 1.80. The highest BCUT2D eigenvalue weighted by Crippen LogP contribution is 2.28. The Morgan fingerprint density at radius 1 is 1.16 bits per heavy atom. The molecule has 0 saturated carbocycles. The van der Waals surface area contributed by atoms with Crippen LogP contribution in [0.25, 0.3) is 0 Å². The molecule has 2 aromatic carbocycles. The highest BCUT2D eigenvalue weighted by molar-refractivity contribution is 5.67. The molecule has 1 unspecified atom stereocenters. The zero-order valence-corrected chi connectivity index (χ0v) is 13.9. The van der Waals surface area contributed by atoms with Gasteiger partial charge in [0.25, 0.3) is 0 Å². The summed E-state index contributed by atoms with van der Waals surface area (Å²) in [5.74, 6) is -1.01. The first-order valence-corrected chi connectivity index (χ1v) is 7.96. The third kappa shape index (κ3) is 4.10. The number of carboxylic acids is 1. The van der Waals surface area contributed by atoms with Crippen molar-refractivity contribution in [2.75, 3.05) is 6.61 Å². The van der Waals surface area contributed by atoms with Gasteiger partial charge in [-0.1, -0.05) is 59.8 Å². The van der Waals surface area contributed by atoms with Gasteiger partial charge in [0.15, 0.2) is 0 Å². The molecule has 0 saturated heterocycles. The zero-order chi connectivity index (χ0) is 17.6. The monoisotopic (exact) mass is 337 g/mol. The Hall–Kier alpha value is -2.99. The van der Waals surface area contributed by atoms with E-state index in [2.05, 4.69) is 41.5 Å². The Balaban J connectivity index is 1.92. The summed E-state index contributed by atoms with van der Waals surface area (Å²) < 4.78 is 6.88. The second kappa shape index (κ2) is 7.72. The van der Waals surface area contributed by atoms with Gasteiger partial charge in [-0.15, -0.1) is 5.10 Å². The Morgan fingerprint density at radius 3 is 2.60 bits per heavy atom. The largest absolute Gasteiger partial charge is 0.480 e. The Kier molecular flexibility index (Phi) is 5.20.